The van der Waals surface area contributed by atoms with Crippen molar-refractivity contribution in [1.29, 1.82) is 0 Å². The second-order valence-electron chi connectivity index (χ2n) is 7.16. The normalized spacial score (nSPS) is 29.9. The standard InChI is InChI=1S/C19H24O3/c1-14-8-10-15(11-9-14)19(18(22-19)12-5-13-18)17(20)21-16-6-3-2-4-7-16/h8-11,16H,2-7,12-13H2,1H3. The Morgan fingerprint density at radius 3 is 2.32 bits per heavy atom. The molecule has 3 fully saturated rings. The molecule has 3 aliphatic rings. The van der Waals surface area contributed by atoms with Gasteiger partial charge in [0.05, 0.1) is 0 Å². The Morgan fingerprint density at radius 1 is 1.09 bits per heavy atom. The predicted molar refractivity (Wildman–Crippen MR) is 83.5 cm³/mol. The molecule has 3 nitrogen and oxygen atoms in total. The Balaban J connectivity index is 1.59. The molecule has 0 N–H and O–H groups in total. The van der Waals surface area contributed by atoms with Crippen LogP contribution in [0, 0.1) is 6.92 Å². The molecule has 0 bridgehead atoms. The maximum absolute atomic E-state index is 12.9. The number of carbonyl (C=O) groups excluding carboxylic acids is 1. The van der Waals surface area contributed by atoms with Crippen LogP contribution in [0.15, 0.2) is 24.3 Å². The highest BCUT2D eigenvalue weighted by Crippen LogP contribution is 2.66. The fourth-order valence-corrected chi connectivity index (χ4v) is 4.09. The van der Waals surface area contributed by atoms with Crippen LogP contribution in [0.2, 0.25) is 0 Å². The average molecular weight is 300 g/mol. The minimum absolute atomic E-state index is 0.0879. The largest absolute Gasteiger partial charge is 0.460 e. The first kappa shape index (κ1) is 14.3. The van der Waals surface area contributed by atoms with Gasteiger partial charge in [0.2, 0.25) is 5.60 Å². The molecule has 0 aromatic heterocycles. The molecule has 2 aliphatic carbocycles. The van der Waals surface area contributed by atoms with Crippen molar-refractivity contribution >= 4 is 5.97 Å². The van der Waals surface area contributed by atoms with Gasteiger partial charge in [0, 0.05) is 0 Å². The van der Waals surface area contributed by atoms with E-state index in [-0.39, 0.29) is 17.7 Å². The van der Waals surface area contributed by atoms with E-state index in [9.17, 15) is 4.79 Å². The van der Waals surface area contributed by atoms with E-state index in [4.69, 9.17) is 9.47 Å². The molecule has 1 saturated heterocycles. The Bertz CT molecular complexity index is 567. The highest BCUT2D eigenvalue weighted by molar-refractivity contribution is 5.87. The van der Waals surface area contributed by atoms with Crippen LogP contribution >= 0.6 is 0 Å². The minimum Gasteiger partial charge on any atom is -0.460 e. The summed E-state index contributed by atoms with van der Waals surface area (Å²) < 4.78 is 12.0. The summed E-state index contributed by atoms with van der Waals surface area (Å²) in [5.74, 6) is -0.150. The van der Waals surface area contributed by atoms with Crippen molar-refractivity contribution in [2.45, 2.75) is 75.6 Å². The van der Waals surface area contributed by atoms with E-state index in [1.807, 2.05) is 12.1 Å². The number of epoxide rings is 1. The van der Waals surface area contributed by atoms with Gasteiger partial charge in [-0.1, -0.05) is 36.2 Å². The fourth-order valence-electron chi connectivity index (χ4n) is 4.09. The van der Waals surface area contributed by atoms with Gasteiger partial charge in [0.1, 0.15) is 11.7 Å². The van der Waals surface area contributed by atoms with Gasteiger partial charge in [-0.2, -0.15) is 0 Å². The summed E-state index contributed by atoms with van der Waals surface area (Å²) in [5, 5.41) is 0. The second kappa shape index (κ2) is 5.09. The maximum Gasteiger partial charge on any atom is 0.346 e. The zero-order valence-electron chi connectivity index (χ0n) is 13.3. The van der Waals surface area contributed by atoms with Crippen LogP contribution < -0.4 is 0 Å². The van der Waals surface area contributed by atoms with Crippen molar-refractivity contribution < 1.29 is 14.3 Å². The molecule has 1 aliphatic heterocycles. The van der Waals surface area contributed by atoms with Crippen LogP contribution in [0.5, 0.6) is 0 Å². The zero-order chi connectivity index (χ0) is 15.2. The lowest BCUT2D eigenvalue weighted by Gasteiger charge is -2.28. The Kier molecular flexibility index (Phi) is 3.30. The summed E-state index contributed by atoms with van der Waals surface area (Å²) in [4.78, 5) is 12.9. The number of rotatable bonds is 3. The van der Waals surface area contributed by atoms with Gasteiger partial charge in [-0.25, -0.2) is 4.79 Å². The van der Waals surface area contributed by atoms with Crippen molar-refractivity contribution in [3.63, 3.8) is 0 Å². The number of aryl methyl sites for hydroxylation is 1. The lowest BCUT2D eigenvalue weighted by molar-refractivity contribution is -0.157. The summed E-state index contributed by atoms with van der Waals surface area (Å²) in [5.41, 5.74) is 1.08. The molecule has 1 aromatic rings. The van der Waals surface area contributed by atoms with E-state index < -0.39 is 5.60 Å². The summed E-state index contributed by atoms with van der Waals surface area (Å²) in [6.07, 6.45) is 8.78. The van der Waals surface area contributed by atoms with E-state index in [2.05, 4.69) is 19.1 Å². The lowest BCUT2D eigenvalue weighted by atomic mass is 9.73. The van der Waals surface area contributed by atoms with Crippen molar-refractivity contribution in [3.05, 3.63) is 35.4 Å². The lowest BCUT2D eigenvalue weighted by Crippen LogP contribution is -2.39. The highest BCUT2D eigenvalue weighted by atomic mass is 16.7. The average Bonchev–Trinajstić information content (AvgIpc) is 3.21. The zero-order valence-corrected chi connectivity index (χ0v) is 13.3. The molecule has 3 heteroatoms. The van der Waals surface area contributed by atoms with Crippen molar-refractivity contribution in [1.82, 2.24) is 0 Å². The SMILES string of the molecule is Cc1ccc(C2(C(=O)OC3CCCCC3)OC23CCC3)cc1. The molecule has 22 heavy (non-hydrogen) atoms. The summed E-state index contributed by atoms with van der Waals surface area (Å²) >= 11 is 0. The third kappa shape index (κ3) is 2.02. The first-order valence-electron chi connectivity index (χ1n) is 8.65. The van der Waals surface area contributed by atoms with Gasteiger partial charge >= 0.3 is 5.97 Å². The minimum atomic E-state index is -0.823. The van der Waals surface area contributed by atoms with Gasteiger partial charge in [-0.15, -0.1) is 0 Å². The Hall–Kier alpha value is -1.35. The van der Waals surface area contributed by atoms with Crippen molar-refractivity contribution in [2.75, 3.05) is 0 Å². The Labute approximate surface area is 132 Å². The molecule has 1 heterocycles. The van der Waals surface area contributed by atoms with E-state index in [0.717, 1.165) is 37.7 Å². The predicted octanol–water partition coefficient (Wildman–Crippen LogP) is 4.02. The van der Waals surface area contributed by atoms with Gasteiger partial charge in [0.15, 0.2) is 0 Å². The molecular weight excluding hydrogens is 276 g/mol. The fraction of sp³-hybridized carbons (Fsp3) is 0.632. The van der Waals surface area contributed by atoms with Crippen molar-refractivity contribution in [3.8, 4) is 0 Å². The second-order valence-corrected chi connectivity index (χ2v) is 7.16. The van der Waals surface area contributed by atoms with E-state index in [0.29, 0.717) is 0 Å². The van der Waals surface area contributed by atoms with E-state index in [1.54, 1.807) is 0 Å². The van der Waals surface area contributed by atoms with Crippen LogP contribution in [-0.4, -0.2) is 17.7 Å². The summed E-state index contributed by atoms with van der Waals surface area (Å²) in [7, 11) is 0. The smallest absolute Gasteiger partial charge is 0.346 e. The first-order valence-corrected chi connectivity index (χ1v) is 8.65. The van der Waals surface area contributed by atoms with Crippen LogP contribution in [0.1, 0.15) is 62.5 Å². The number of benzene rings is 1. The number of ether oxygens (including phenoxy) is 2. The first-order chi connectivity index (χ1) is 10.7. The molecule has 1 aromatic carbocycles. The maximum atomic E-state index is 12.9. The highest BCUT2D eigenvalue weighted by Gasteiger charge is 2.78. The molecule has 4 rings (SSSR count). The molecule has 0 radical (unpaired) electrons. The number of carbonyl (C=O) groups is 1. The third-order valence-electron chi connectivity index (χ3n) is 5.68. The summed E-state index contributed by atoms with van der Waals surface area (Å²) in [6.45, 7) is 2.06. The topological polar surface area (TPSA) is 38.8 Å². The molecule has 1 atom stereocenters. The van der Waals surface area contributed by atoms with Crippen LogP contribution in [0.25, 0.3) is 0 Å². The van der Waals surface area contributed by atoms with Gasteiger partial charge in [-0.05, 0) is 57.4 Å². The molecule has 0 amide bonds. The van der Waals surface area contributed by atoms with Gasteiger partial charge < -0.3 is 9.47 Å². The van der Waals surface area contributed by atoms with Crippen LogP contribution in [0.4, 0.5) is 0 Å². The molecular formula is C19H24O3. The molecule has 1 spiro atoms. The van der Waals surface area contributed by atoms with Crippen molar-refractivity contribution in [2.24, 2.45) is 0 Å². The number of hydrogen-bond donors (Lipinski definition) is 0. The number of hydrogen-bond acceptors (Lipinski definition) is 3. The third-order valence-corrected chi connectivity index (χ3v) is 5.68. The Morgan fingerprint density at radius 2 is 1.77 bits per heavy atom. The van der Waals surface area contributed by atoms with E-state index in [1.165, 1.54) is 24.8 Å². The molecule has 1 unspecified atom stereocenters. The monoisotopic (exact) mass is 300 g/mol. The quantitative estimate of drug-likeness (QED) is 0.625. The van der Waals surface area contributed by atoms with Crippen LogP contribution in [-0.2, 0) is 19.9 Å². The summed E-state index contributed by atoms with van der Waals surface area (Å²) in [6, 6.07) is 8.17. The van der Waals surface area contributed by atoms with Gasteiger partial charge in [0.25, 0.3) is 0 Å². The van der Waals surface area contributed by atoms with Gasteiger partial charge in [-0.3, -0.25) is 0 Å². The number of esters is 1. The molecule has 118 valence electrons. The van der Waals surface area contributed by atoms with E-state index >= 15 is 0 Å². The van der Waals surface area contributed by atoms with Crippen LogP contribution in [0.3, 0.4) is 0 Å². The molecule has 2 saturated carbocycles.